The molecule has 0 saturated carbocycles. The van der Waals surface area contributed by atoms with E-state index >= 15 is 0 Å². The minimum atomic E-state index is 0.0687. The molecule has 2 nitrogen and oxygen atoms in total. The number of aliphatic hydroxyl groups is 1. The first-order chi connectivity index (χ1) is 6.74. The Morgan fingerprint density at radius 1 is 1.43 bits per heavy atom. The number of hydrogen-bond acceptors (Lipinski definition) is 3. The van der Waals surface area contributed by atoms with E-state index in [1.165, 1.54) is 0 Å². The van der Waals surface area contributed by atoms with Crippen molar-refractivity contribution in [3.63, 3.8) is 0 Å². The Labute approximate surface area is 90.7 Å². The zero-order valence-corrected chi connectivity index (χ0v) is 9.15. The van der Waals surface area contributed by atoms with Crippen molar-refractivity contribution in [3.8, 4) is 5.75 Å². The van der Waals surface area contributed by atoms with Crippen LogP contribution < -0.4 is 4.74 Å². The second kappa shape index (κ2) is 3.77. The molecule has 0 atom stereocenters. The summed E-state index contributed by atoms with van der Waals surface area (Å²) in [5.41, 5.74) is 0. The van der Waals surface area contributed by atoms with E-state index in [-0.39, 0.29) is 6.61 Å². The van der Waals surface area contributed by atoms with Crippen molar-refractivity contribution in [2.75, 3.05) is 7.11 Å². The minimum Gasteiger partial charge on any atom is -0.495 e. The fourth-order valence-electron chi connectivity index (χ4n) is 1.33. The van der Waals surface area contributed by atoms with Gasteiger partial charge in [-0.15, -0.1) is 11.3 Å². The molecule has 0 aliphatic carbocycles. The number of benzene rings is 1. The monoisotopic (exact) mass is 228 g/mol. The van der Waals surface area contributed by atoms with Crippen molar-refractivity contribution in [1.82, 2.24) is 0 Å². The average Bonchev–Trinajstić information content (AvgIpc) is 2.58. The molecule has 0 aliphatic rings. The summed E-state index contributed by atoms with van der Waals surface area (Å²) < 4.78 is 6.19. The molecular weight excluding hydrogens is 220 g/mol. The van der Waals surface area contributed by atoms with E-state index in [0.29, 0.717) is 10.8 Å². The molecule has 1 heterocycles. The SMILES string of the molecule is COc1cc2sc(CO)cc2cc1Cl. The molecule has 0 aliphatic heterocycles. The third kappa shape index (κ3) is 1.59. The lowest BCUT2D eigenvalue weighted by Gasteiger charge is -2.01. The molecular formula is C10H9ClO2S. The van der Waals surface area contributed by atoms with Gasteiger partial charge < -0.3 is 9.84 Å². The van der Waals surface area contributed by atoms with Gasteiger partial charge in [0.05, 0.1) is 18.7 Å². The number of fused-ring (bicyclic) bond motifs is 1. The van der Waals surface area contributed by atoms with Crippen LogP contribution in [0.4, 0.5) is 0 Å². The van der Waals surface area contributed by atoms with Crippen LogP contribution in [0.1, 0.15) is 4.88 Å². The van der Waals surface area contributed by atoms with E-state index in [9.17, 15) is 0 Å². The lowest BCUT2D eigenvalue weighted by Crippen LogP contribution is -1.82. The minimum absolute atomic E-state index is 0.0687. The molecule has 1 aromatic carbocycles. The largest absolute Gasteiger partial charge is 0.495 e. The highest BCUT2D eigenvalue weighted by atomic mass is 35.5. The highest BCUT2D eigenvalue weighted by molar-refractivity contribution is 7.19. The summed E-state index contributed by atoms with van der Waals surface area (Å²) in [6, 6.07) is 5.68. The van der Waals surface area contributed by atoms with E-state index < -0.39 is 0 Å². The Morgan fingerprint density at radius 2 is 2.21 bits per heavy atom. The zero-order valence-electron chi connectivity index (χ0n) is 7.58. The van der Waals surface area contributed by atoms with Gasteiger partial charge in [-0.3, -0.25) is 0 Å². The highest BCUT2D eigenvalue weighted by Gasteiger charge is 2.06. The van der Waals surface area contributed by atoms with Crippen LogP contribution in [0.25, 0.3) is 10.1 Å². The fourth-order valence-corrected chi connectivity index (χ4v) is 2.51. The van der Waals surface area contributed by atoms with E-state index in [2.05, 4.69) is 0 Å². The number of hydrogen-bond donors (Lipinski definition) is 1. The summed E-state index contributed by atoms with van der Waals surface area (Å²) in [7, 11) is 1.59. The van der Waals surface area contributed by atoms with Crippen LogP contribution in [0.2, 0.25) is 5.02 Å². The molecule has 0 unspecified atom stereocenters. The predicted molar refractivity (Wildman–Crippen MR) is 59.3 cm³/mol. The quantitative estimate of drug-likeness (QED) is 0.856. The van der Waals surface area contributed by atoms with Gasteiger partial charge in [-0.1, -0.05) is 11.6 Å². The Bertz CT molecular complexity index is 464. The van der Waals surface area contributed by atoms with Gasteiger partial charge in [0.15, 0.2) is 0 Å². The lowest BCUT2D eigenvalue weighted by atomic mass is 10.2. The topological polar surface area (TPSA) is 29.5 Å². The number of aliphatic hydroxyl groups excluding tert-OH is 1. The number of thiophene rings is 1. The van der Waals surface area contributed by atoms with Crippen molar-refractivity contribution in [2.45, 2.75) is 6.61 Å². The molecule has 2 aromatic rings. The van der Waals surface area contributed by atoms with E-state index in [0.717, 1.165) is 15.0 Å². The van der Waals surface area contributed by atoms with Crippen molar-refractivity contribution in [3.05, 3.63) is 28.1 Å². The maximum absolute atomic E-state index is 8.98. The van der Waals surface area contributed by atoms with Crippen LogP contribution in [-0.2, 0) is 6.61 Å². The van der Waals surface area contributed by atoms with Crippen LogP contribution in [-0.4, -0.2) is 12.2 Å². The second-order valence-electron chi connectivity index (χ2n) is 2.90. The van der Waals surface area contributed by atoms with Crippen LogP contribution in [0.5, 0.6) is 5.75 Å². The van der Waals surface area contributed by atoms with Gasteiger partial charge >= 0.3 is 0 Å². The maximum atomic E-state index is 8.98. The third-order valence-corrected chi connectivity index (χ3v) is 3.38. The Hall–Kier alpha value is -0.770. The van der Waals surface area contributed by atoms with E-state index in [1.54, 1.807) is 18.4 Å². The number of ether oxygens (including phenoxy) is 1. The number of methoxy groups -OCH3 is 1. The molecule has 74 valence electrons. The molecule has 2 rings (SSSR count). The Morgan fingerprint density at radius 3 is 2.86 bits per heavy atom. The molecule has 1 N–H and O–H groups in total. The number of halogens is 1. The van der Waals surface area contributed by atoms with Gasteiger partial charge in [-0.25, -0.2) is 0 Å². The molecule has 0 fully saturated rings. The van der Waals surface area contributed by atoms with Gasteiger partial charge in [0, 0.05) is 9.58 Å². The van der Waals surface area contributed by atoms with Crippen molar-refractivity contribution in [1.29, 1.82) is 0 Å². The zero-order chi connectivity index (χ0) is 10.1. The van der Waals surface area contributed by atoms with Gasteiger partial charge in [0.25, 0.3) is 0 Å². The normalized spacial score (nSPS) is 10.8. The Kier molecular flexibility index (Phi) is 2.63. The lowest BCUT2D eigenvalue weighted by molar-refractivity contribution is 0.285. The van der Waals surface area contributed by atoms with Gasteiger partial charge in [-0.2, -0.15) is 0 Å². The summed E-state index contributed by atoms with van der Waals surface area (Å²) in [5.74, 6) is 0.672. The summed E-state index contributed by atoms with van der Waals surface area (Å²) in [4.78, 5) is 0.935. The third-order valence-electron chi connectivity index (χ3n) is 2.00. The summed E-state index contributed by atoms with van der Waals surface area (Å²) in [6.07, 6.45) is 0. The van der Waals surface area contributed by atoms with Gasteiger partial charge in [0.2, 0.25) is 0 Å². The molecule has 0 bridgehead atoms. The predicted octanol–water partition coefficient (Wildman–Crippen LogP) is 3.06. The van der Waals surface area contributed by atoms with Crippen molar-refractivity contribution < 1.29 is 9.84 Å². The van der Waals surface area contributed by atoms with Gasteiger partial charge in [0.1, 0.15) is 5.75 Å². The molecule has 14 heavy (non-hydrogen) atoms. The first kappa shape index (κ1) is 9.77. The van der Waals surface area contributed by atoms with Crippen molar-refractivity contribution in [2.24, 2.45) is 0 Å². The fraction of sp³-hybridized carbons (Fsp3) is 0.200. The average molecular weight is 229 g/mol. The summed E-state index contributed by atoms with van der Waals surface area (Å²) in [5, 5.41) is 10.6. The molecule has 0 saturated heterocycles. The van der Waals surface area contributed by atoms with E-state index in [1.807, 2.05) is 18.2 Å². The summed E-state index contributed by atoms with van der Waals surface area (Å²) in [6.45, 7) is 0.0687. The summed E-state index contributed by atoms with van der Waals surface area (Å²) >= 11 is 7.52. The van der Waals surface area contributed by atoms with E-state index in [4.69, 9.17) is 21.4 Å². The molecule has 1 aromatic heterocycles. The second-order valence-corrected chi connectivity index (χ2v) is 4.47. The van der Waals surface area contributed by atoms with Crippen LogP contribution in [0.3, 0.4) is 0 Å². The molecule has 0 radical (unpaired) electrons. The van der Waals surface area contributed by atoms with Crippen LogP contribution in [0.15, 0.2) is 18.2 Å². The smallest absolute Gasteiger partial charge is 0.138 e. The van der Waals surface area contributed by atoms with Gasteiger partial charge in [-0.05, 0) is 23.6 Å². The van der Waals surface area contributed by atoms with Crippen LogP contribution in [0, 0.1) is 0 Å². The first-order valence-electron chi connectivity index (χ1n) is 4.11. The highest BCUT2D eigenvalue weighted by Crippen LogP contribution is 2.34. The Balaban J connectivity index is 2.64. The molecule has 4 heteroatoms. The molecule has 0 amide bonds. The maximum Gasteiger partial charge on any atom is 0.138 e. The first-order valence-corrected chi connectivity index (χ1v) is 5.31. The number of rotatable bonds is 2. The van der Waals surface area contributed by atoms with Crippen molar-refractivity contribution >= 4 is 33.0 Å². The van der Waals surface area contributed by atoms with Crippen LogP contribution >= 0.6 is 22.9 Å². The standard InChI is InChI=1S/C10H9ClO2S/c1-13-9-4-10-6(3-8(9)11)2-7(5-12)14-10/h2-4,12H,5H2,1H3. The molecule has 0 spiro atoms.